The average molecular weight is 788 g/mol. The molecule has 0 aromatic carbocycles. The first-order valence-corrected chi connectivity index (χ1v) is 19.0. The minimum absolute atomic E-state index is 0.0375. The van der Waals surface area contributed by atoms with Crippen LogP contribution in [0.1, 0.15) is 66.2 Å². The molecule has 1 amide bonds. The summed E-state index contributed by atoms with van der Waals surface area (Å²) in [6.45, 7) is 7.52. The number of carbonyl (C=O) groups excluding carboxylic acids is 1. The fraction of sp³-hybridized carbons (Fsp3) is 0.784. The molecule has 0 radical (unpaired) electrons. The zero-order valence-electron chi connectivity index (χ0n) is 32.2. The lowest BCUT2D eigenvalue weighted by Gasteiger charge is -2.49. The fourth-order valence-electron chi connectivity index (χ4n) is 6.68. The molecule has 1 aliphatic carbocycles. The molecule has 2 heterocycles. The van der Waals surface area contributed by atoms with Crippen LogP contribution in [0, 0.1) is 0 Å². The van der Waals surface area contributed by atoms with Crippen LogP contribution in [0.25, 0.3) is 0 Å². The smallest absolute Gasteiger partial charge is 0.249 e. The van der Waals surface area contributed by atoms with Crippen LogP contribution < -0.4 is 22.5 Å². The Bertz CT molecular complexity index is 1310. The van der Waals surface area contributed by atoms with Gasteiger partial charge in [0.25, 0.3) is 0 Å². The van der Waals surface area contributed by atoms with Crippen molar-refractivity contribution in [3.63, 3.8) is 0 Å². The summed E-state index contributed by atoms with van der Waals surface area (Å²) in [5, 5.41) is 86.9. The largest absolute Gasteiger partial charge is 0.394 e. The molecule has 3 aliphatic rings. The SMILES string of the molecule is CC(C)=CCC/C(C)=C/CC/C(C)=C/C=N/CCC(O)C(=O)NC1CC(N)C(OC2OC(CN)C(O)C(O)C2O)C(O)C1OC1OC(CO)C(O)C(N)[C@@H]1O. The third kappa shape index (κ3) is 13.4. The molecule has 0 bridgehead atoms. The molecule has 15 unspecified atom stereocenters. The van der Waals surface area contributed by atoms with Crippen molar-refractivity contribution >= 4 is 12.1 Å². The molecule has 0 spiro atoms. The van der Waals surface area contributed by atoms with Gasteiger partial charge in [-0.1, -0.05) is 28.9 Å². The third-order valence-corrected chi connectivity index (χ3v) is 10.2. The Labute approximate surface area is 322 Å². The van der Waals surface area contributed by atoms with Gasteiger partial charge in [-0.15, -0.1) is 0 Å². The van der Waals surface area contributed by atoms with Gasteiger partial charge < -0.3 is 82.3 Å². The van der Waals surface area contributed by atoms with Crippen molar-refractivity contribution in [1.29, 1.82) is 0 Å². The molecule has 18 nitrogen and oxygen atoms in total. The number of hydrogen-bond donors (Lipinski definition) is 12. The predicted octanol–water partition coefficient (Wildman–Crippen LogP) is -2.89. The Morgan fingerprint density at radius 2 is 1.45 bits per heavy atom. The van der Waals surface area contributed by atoms with E-state index < -0.39 is 110 Å². The molecule has 55 heavy (non-hydrogen) atoms. The van der Waals surface area contributed by atoms with Gasteiger partial charge in [0.1, 0.15) is 67.1 Å². The summed E-state index contributed by atoms with van der Waals surface area (Å²) in [5.41, 5.74) is 21.8. The highest BCUT2D eigenvalue weighted by Gasteiger charge is 2.52. The molecule has 2 aliphatic heterocycles. The molecular weight excluding hydrogens is 722 g/mol. The number of aliphatic imine (C=N–C) groups is 1. The Hall–Kier alpha value is -2.24. The summed E-state index contributed by atoms with van der Waals surface area (Å²) in [4.78, 5) is 17.5. The first-order valence-electron chi connectivity index (χ1n) is 19.0. The standard InChI is InChI=1S/C37H65N5O13/c1-18(2)7-5-8-19(3)9-6-10-20(4)11-13-41-14-12-23(44)35(51)42-22-15-21(39)33(54-37-31(49)30(48)28(46)24(16-38)52-37)32(50)34(22)55-36-29(47)26(40)27(45)25(17-43)53-36/h7,9,11,13,21-34,36-37,43-50H,5-6,8,10,12,14-17,38-40H2,1-4H3,(H,42,51)/b19-9+,20-11+,41-13+/t21?,22?,23?,24?,25?,26?,27?,28?,29-,30?,31?,32?,33?,34?,36?,37?/m0/s1. The minimum atomic E-state index is -1.77. The van der Waals surface area contributed by atoms with E-state index in [1.54, 1.807) is 6.21 Å². The van der Waals surface area contributed by atoms with Crippen LogP contribution in [-0.4, -0.2) is 171 Å². The van der Waals surface area contributed by atoms with Gasteiger partial charge in [0.2, 0.25) is 5.91 Å². The van der Waals surface area contributed by atoms with E-state index in [4.69, 9.17) is 36.1 Å². The van der Waals surface area contributed by atoms with E-state index in [1.165, 1.54) is 11.1 Å². The molecule has 1 saturated carbocycles. The van der Waals surface area contributed by atoms with Crippen LogP contribution in [-0.2, 0) is 23.7 Å². The highest BCUT2D eigenvalue weighted by molar-refractivity contribution is 5.81. The van der Waals surface area contributed by atoms with Gasteiger partial charge in [-0.25, -0.2) is 0 Å². The maximum absolute atomic E-state index is 13.2. The average Bonchev–Trinajstić information content (AvgIpc) is 3.14. The third-order valence-electron chi connectivity index (χ3n) is 10.2. The van der Waals surface area contributed by atoms with Gasteiger partial charge in [0.15, 0.2) is 12.6 Å². The maximum atomic E-state index is 13.2. The Morgan fingerprint density at radius 1 is 0.836 bits per heavy atom. The van der Waals surface area contributed by atoms with Crippen LogP contribution in [0.2, 0.25) is 0 Å². The van der Waals surface area contributed by atoms with E-state index in [9.17, 15) is 45.6 Å². The Balaban J connectivity index is 1.66. The fourth-order valence-corrected chi connectivity index (χ4v) is 6.68. The number of rotatable bonds is 18. The van der Waals surface area contributed by atoms with Gasteiger partial charge in [-0.05, 0) is 65.9 Å². The second-order valence-corrected chi connectivity index (χ2v) is 15.0. The monoisotopic (exact) mass is 787 g/mol. The molecule has 15 N–H and O–H groups in total. The summed E-state index contributed by atoms with van der Waals surface area (Å²) >= 11 is 0. The van der Waals surface area contributed by atoms with Gasteiger partial charge in [0.05, 0.1) is 18.7 Å². The first-order chi connectivity index (χ1) is 26.0. The molecule has 16 atom stereocenters. The van der Waals surface area contributed by atoms with Crippen molar-refractivity contribution in [1.82, 2.24) is 5.32 Å². The molecule has 18 heteroatoms. The first kappa shape index (κ1) is 47.1. The minimum Gasteiger partial charge on any atom is -0.394 e. The number of carbonyl (C=O) groups is 1. The molecular formula is C37H65N5O13. The summed E-state index contributed by atoms with van der Waals surface area (Å²) in [6, 6.07) is -3.52. The van der Waals surface area contributed by atoms with Gasteiger partial charge >= 0.3 is 0 Å². The van der Waals surface area contributed by atoms with Crippen molar-refractivity contribution in [3.8, 4) is 0 Å². The molecule has 3 rings (SSSR count). The van der Waals surface area contributed by atoms with E-state index in [0.717, 1.165) is 31.3 Å². The van der Waals surface area contributed by atoms with Crippen molar-refractivity contribution < 1.29 is 64.6 Å². The van der Waals surface area contributed by atoms with Crippen LogP contribution in [0.4, 0.5) is 0 Å². The zero-order chi connectivity index (χ0) is 41.0. The number of aliphatic hydroxyl groups excluding tert-OH is 8. The van der Waals surface area contributed by atoms with Crippen LogP contribution in [0.5, 0.6) is 0 Å². The summed E-state index contributed by atoms with van der Waals surface area (Å²) in [5.74, 6) is -0.828. The van der Waals surface area contributed by atoms with E-state index in [-0.39, 0.29) is 25.9 Å². The number of amides is 1. The van der Waals surface area contributed by atoms with E-state index in [1.807, 2.05) is 13.0 Å². The number of hydrogen-bond acceptors (Lipinski definition) is 17. The second kappa shape index (κ2) is 22.6. The molecule has 316 valence electrons. The molecule has 2 saturated heterocycles. The topological polar surface area (TPSA) is 318 Å². The van der Waals surface area contributed by atoms with E-state index in [0.29, 0.717) is 0 Å². The predicted molar refractivity (Wildman–Crippen MR) is 201 cm³/mol. The Morgan fingerprint density at radius 3 is 2.11 bits per heavy atom. The van der Waals surface area contributed by atoms with E-state index >= 15 is 0 Å². The van der Waals surface area contributed by atoms with Crippen molar-refractivity contribution in [2.45, 2.75) is 164 Å². The van der Waals surface area contributed by atoms with E-state index in [2.05, 4.69) is 43.2 Å². The lowest BCUT2D eigenvalue weighted by molar-refractivity contribution is -0.332. The van der Waals surface area contributed by atoms with Crippen molar-refractivity contribution in [3.05, 3.63) is 34.9 Å². The molecule has 3 fully saturated rings. The number of aliphatic hydroxyl groups is 8. The lowest BCUT2D eigenvalue weighted by Crippen LogP contribution is -2.69. The van der Waals surface area contributed by atoms with Gasteiger partial charge in [0, 0.05) is 31.8 Å². The summed E-state index contributed by atoms with van der Waals surface area (Å²) in [7, 11) is 0. The van der Waals surface area contributed by atoms with Gasteiger partial charge in [-0.3, -0.25) is 9.79 Å². The number of nitrogens with zero attached hydrogens (tertiary/aromatic N) is 1. The lowest BCUT2D eigenvalue weighted by atomic mass is 9.83. The second-order valence-electron chi connectivity index (χ2n) is 15.0. The van der Waals surface area contributed by atoms with Crippen molar-refractivity contribution in [2.75, 3.05) is 19.7 Å². The highest BCUT2D eigenvalue weighted by atomic mass is 16.7. The Kier molecular flexibility index (Phi) is 19.4. The number of ether oxygens (including phenoxy) is 4. The number of allylic oxidation sites excluding steroid dienone is 6. The quantitative estimate of drug-likeness (QED) is 0.0490. The van der Waals surface area contributed by atoms with Crippen LogP contribution >= 0.6 is 0 Å². The molecule has 0 aromatic heterocycles. The number of nitrogens with two attached hydrogens (primary N) is 3. The molecule has 0 aromatic rings. The number of nitrogens with one attached hydrogen (secondary N) is 1. The van der Waals surface area contributed by atoms with Gasteiger partial charge in [-0.2, -0.15) is 0 Å². The normalized spacial score (nSPS) is 38.2. The summed E-state index contributed by atoms with van der Waals surface area (Å²) in [6.07, 6.45) is -8.22. The highest BCUT2D eigenvalue weighted by Crippen LogP contribution is 2.32. The summed E-state index contributed by atoms with van der Waals surface area (Å²) < 4.78 is 22.9. The van der Waals surface area contributed by atoms with Crippen molar-refractivity contribution in [2.24, 2.45) is 22.2 Å². The maximum Gasteiger partial charge on any atom is 0.249 e. The van der Waals surface area contributed by atoms with Crippen LogP contribution in [0.3, 0.4) is 0 Å². The van der Waals surface area contributed by atoms with Crippen LogP contribution in [0.15, 0.2) is 39.9 Å². The zero-order valence-corrected chi connectivity index (χ0v) is 32.2.